The van der Waals surface area contributed by atoms with Crippen LogP contribution in [0.25, 0.3) is 0 Å². The molecule has 0 bridgehead atoms. The van der Waals surface area contributed by atoms with E-state index in [-0.39, 0.29) is 0 Å². The first-order valence-corrected chi connectivity index (χ1v) is 7.55. The second kappa shape index (κ2) is 5.30. The van der Waals surface area contributed by atoms with E-state index in [0.29, 0.717) is 4.08 Å². The highest BCUT2D eigenvalue weighted by molar-refractivity contribution is 8.21. The van der Waals surface area contributed by atoms with Gasteiger partial charge in [0.25, 0.3) is 0 Å². The number of aromatic nitrogens is 2. The van der Waals surface area contributed by atoms with Crippen molar-refractivity contribution in [3.05, 3.63) is 18.7 Å². The van der Waals surface area contributed by atoms with Gasteiger partial charge in [-0.3, -0.25) is 0 Å². The Morgan fingerprint density at radius 1 is 1.33 bits per heavy atom. The van der Waals surface area contributed by atoms with Gasteiger partial charge in [0, 0.05) is 30.4 Å². The van der Waals surface area contributed by atoms with Crippen molar-refractivity contribution in [3.8, 4) is 0 Å². The van der Waals surface area contributed by atoms with Gasteiger partial charge in [0.15, 0.2) is 0 Å². The maximum atomic E-state index is 4.09. The summed E-state index contributed by atoms with van der Waals surface area (Å²) in [7, 11) is 0. The molecule has 0 atom stereocenters. The summed E-state index contributed by atoms with van der Waals surface area (Å²) in [5.74, 6) is 2.66. The van der Waals surface area contributed by atoms with Gasteiger partial charge in [0.1, 0.15) is 0 Å². The van der Waals surface area contributed by atoms with Gasteiger partial charge in [-0.15, -0.1) is 23.5 Å². The van der Waals surface area contributed by atoms with E-state index in [1.807, 2.05) is 12.5 Å². The van der Waals surface area contributed by atoms with E-state index in [1.165, 1.54) is 30.8 Å². The predicted molar refractivity (Wildman–Crippen MR) is 69.4 cm³/mol. The Morgan fingerprint density at radius 2 is 2.13 bits per heavy atom. The van der Waals surface area contributed by atoms with Crippen molar-refractivity contribution in [1.82, 2.24) is 9.55 Å². The third kappa shape index (κ3) is 2.94. The van der Waals surface area contributed by atoms with Crippen LogP contribution in [-0.2, 0) is 6.54 Å². The minimum Gasteiger partial charge on any atom is -0.337 e. The molecule has 1 aliphatic heterocycles. The van der Waals surface area contributed by atoms with Crippen molar-refractivity contribution in [2.24, 2.45) is 0 Å². The minimum atomic E-state index is 0.499. The zero-order chi connectivity index (χ0) is 10.6. The van der Waals surface area contributed by atoms with Gasteiger partial charge in [-0.2, -0.15) is 0 Å². The average Bonchev–Trinajstić information content (AvgIpc) is 2.85. The molecule has 0 aromatic carbocycles. The van der Waals surface area contributed by atoms with Gasteiger partial charge in [0.05, 0.1) is 10.4 Å². The molecule has 0 N–H and O–H groups in total. The van der Waals surface area contributed by atoms with Crippen LogP contribution in [0.4, 0.5) is 0 Å². The lowest BCUT2D eigenvalue weighted by molar-refractivity contribution is 0.569. The number of hydrogen-bond donors (Lipinski definition) is 0. The van der Waals surface area contributed by atoms with Crippen LogP contribution in [-0.4, -0.2) is 25.1 Å². The highest BCUT2D eigenvalue weighted by atomic mass is 32.2. The molecule has 2 heterocycles. The third-order valence-electron chi connectivity index (χ3n) is 2.75. The van der Waals surface area contributed by atoms with Crippen LogP contribution in [0.3, 0.4) is 0 Å². The van der Waals surface area contributed by atoms with Gasteiger partial charge in [-0.05, 0) is 12.8 Å². The van der Waals surface area contributed by atoms with Crippen LogP contribution in [0.2, 0.25) is 0 Å². The molecule has 84 valence electrons. The van der Waals surface area contributed by atoms with Crippen molar-refractivity contribution >= 4 is 23.5 Å². The SMILES string of the molecule is CCCC1(CCn2ccnc2)SCCS1. The fourth-order valence-electron chi connectivity index (χ4n) is 2.01. The molecule has 1 aliphatic rings. The van der Waals surface area contributed by atoms with E-state index in [1.54, 1.807) is 0 Å². The fraction of sp³-hybridized carbons (Fsp3) is 0.727. The smallest absolute Gasteiger partial charge is 0.0945 e. The molecular weight excluding hydrogens is 224 g/mol. The molecule has 0 radical (unpaired) electrons. The summed E-state index contributed by atoms with van der Waals surface area (Å²) in [6.45, 7) is 3.40. The number of nitrogens with zero attached hydrogens (tertiary/aromatic N) is 2. The molecule has 4 heteroatoms. The summed E-state index contributed by atoms with van der Waals surface area (Å²) in [6.07, 6.45) is 9.75. The van der Waals surface area contributed by atoms with E-state index in [4.69, 9.17) is 0 Å². The van der Waals surface area contributed by atoms with Gasteiger partial charge in [-0.25, -0.2) is 4.98 Å². The number of rotatable bonds is 5. The first kappa shape index (κ1) is 11.4. The van der Waals surface area contributed by atoms with E-state index in [0.717, 1.165) is 6.54 Å². The Balaban J connectivity index is 1.89. The molecule has 1 saturated heterocycles. The molecule has 0 unspecified atom stereocenters. The summed E-state index contributed by atoms with van der Waals surface area (Å²) in [4.78, 5) is 4.09. The molecule has 1 aromatic rings. The number of imidazole rings is 1. The van der Waals surface area contributed by atoms with Crippen molar-refractivity contribution < 1.29 is 0 Å². The quantitative estimate of drug-likeness (QED) is 0.789. The Kier molecular flexibility index (Phi) is 4.03. The summed E-state index contributed by atoms with van der Waals surface area (Å²) < 4.78 is 2.69. The molecule has 2 rings (SSSR count). The molecule has 2 nitrogen and oxygen atoms in total. The molecule has 1 aromatic heterocycles. The van der Waals surface area contributed by atoms with E-state index < -0.39 is 0 Å². The highest BCUT2D eigenvalue weighted by Crippen LogP contribution is 2.49. The summed E-state index contributed by atoms with van der Waals surface area (Å²) in [5, 5.41) is 0. The van der Waals surface area contributed by atoms with Crippen LogP contribution in [0.5, 0.6) is 0 Å². The van der Waals surface area contributed by atoms with Gasteiger partial charge in [-0.1, -0.05) is 13.3 Å². The normalized spacial score (nSPS) is 19.5. The second-order valence-electron chi connectivity index (χ2n) is 3.91. The fourth-order valence-corrected chi connectivity index (χ4v) is 5.42. The first-order valence-electron chi connectivity index (χ1n) is 5.58. The van der Waals surface area contributed by atoms with Crippen molar-refractivity contribution in [2.45, 2.75) is 36.8 Å². The van der Waals surface area contributed by atoms with Crippen LogP contribution >= 0.6 is 23.5 Å². The van der Waals surface area contributed by atoms with E-state index >= 15 is 0 Å². The molecule has 0 saturated carbocycles. The van der Waals surface area contributed by atoms with E-state index in [9.17, 15) is 0 Å². The number of aryl methyl sites for hydroxylation is 1. The van der Waals surface area contributed by atoms with Crippen molar-refractivity contribution in [1.29, 1.82) is 0 Å². The molecule has 0 aliphatic carbocycles. The predicted octanol–water partition coefficient (Wildman–Crippen LogP) is 3.25. The zero-order valence-corrected chi connectivity index (χ0v) is 10.8. The Morgan fingerprint density at radius 3 is 2.73 bits per heavy atom. The zero-order valence-electron chi connectivity index (χ0n) is 9.19. The lowest BCUT2D eigenvalue weighted by Gasteiger charge is -2.26. The number of hydrogen-bond acceptors (Lipinski definition) is 3. The topological polar surface area (TPSA) is 17.8 Å². The molecule has 0 amide bonds. The van der Waals surface area contributed by atoms with Gasteiger partial charge in [0.2, 0.25) is 0 Å². The van der Waals surface area contributed by atoms with E-state index in [2.05, 4.69) is 46.2 Å². The Hall–Kier alpha value is -0.0900. The summed E-state index contributed by atoms with van der Waals surface area (Å²) in [5.41, 5.74) is 0. The third-order valence-corrected chi connectivity index (χ3v) is 6.41. The molecular formula is C11H18N2S2. The monoisotopic (exact) mass is 242 g/mol. The van der Waals surface area contributed by atoms with Crippen LogP contribution < -0.4 is 0 Å². The highest BCUT2D eigenvalue weighted by Gasteiger charge is 2.34. The number of thioether (sulfide) groups is 2. The minimum absolute atomic E-state index is 0.499. The first-order chi connectivity index (χ1) is 7.35. The van der Waals surface area contributed by atoms with Crippen molar-refractivity contribution in [3.63, 3.8) is 0 Å². The standard InChI is InChI=1S/C11H18N2S2/c1-2-3-11(14-8-9-15-11)4-6-13-7-5-12-10-13/h5,7,10H,2-4,6,8-9H2,1H3. The molecule has 1 fully saturated rings. The van der Waals surface area contributed by atoms with Gasteiger partial charge < -0.3 is 4.57 Å². The maximum absolute atomic E-state index is 4.09. The average molecular weight is 242 g/mol. The van der Waals surface area contributed by atoms with Gasteiger partial charge >= 0.3 is 0 Å². The molecule has 15 heavy (non-hydrogen) atoms. The lowest BCUT2D eigenvalue weighted by Crippen LogP contribution is -2.19. The second-order valence-corrected chi connectivity index (χ2v) is 7.12. The maximum Gasteiger partial charge on any atom is 0.0945 e. The largest absolute Gasteiger partial charge is 0.337 e. The van der Waals surface area contributed by atoms with Crippen LogP contribution in [0.15, 0.2) is 18.7 Å². The summed E-state index contributed by atoms with van der Waals surface area (Å²) in [6, 6.07) is 0. The Bertz CT molecular complexity index is 279. The summed E-state index contributed by atoms with van der Waals surface area (Å²) >= 11 is 4.33. The molecule has 0 spiro atoms. The van der Waals surface area contributed by atoms with Crippen LogP contribution in [0, 0.1) is 0 Å². The van der Waals surface area contributed by atoms with Crippen molar-refractivity contribution in [2.75, 3.05) is 11.5 Å². The lowest BCUT2D eigenvalue weighted by atomic mass is 10.2. The van der Waals surface area contributed by atoms with Crippen LogP contribution in [0.1, 0.15) is 26.2 Å². The Labute approximate surface area is 100 Å².